The Hall–Kier alpha value is -8.32. The maximum atomic E-state index is 5.50. The summed E-state index contributed by atoms with van der Waals surface area (Å²) in [6.45, 7) is 2.08. The minimum atomic E-state index is 0.803. The zero-order valence-electron chi connectivity index (χ0n) is 35.6. The number of fused-ring (bicyclic) bond motifs is 2. The maximum absolute atomic E-state index is 5.50. The molecule has 0 spiro atoms. The molecule has 0 aliphatic rings. The molecule has 0 radical (unpaired) electrons. The van der Waals surface area contributed by atoms with E-state index < -0.39 is 0 Å². The Morgan fingerprint density at radius 1 is 0.338 bits per heavy atom. The van der Waals surface area contributed by atoms with Crippen molar-refractivity contribution in [2.75, 3.05) is 4.90 Å². The third kappa shape index (κ3) is 7.56. The summed E-state index contributed by atoms with van der Waals surface area (Å²) in [6.07, 6.45) is 0. The van der Waals surface area contributed by atoms with E-state index in [1.54, 1.807) is 0 Å². The second kappa shape index (κ2) is 17.4. The van der Waals surface area contributed by atoms with Gasteiger partial charge in [-0.3, -0.25) is 0 Å². The summed E-state index contributed by atoms with van der Waals surface area (Å²) >= 11 is 1.22. The van der Waals surface area contributed by atoms with Gasteiger partial charge in [0.1, 0.15) is 11.0 Å². The predicted molar refractivity (Wildman–Crippen MR) is 271 cm³/mol. The van der Waals surface area contributed by atoms with Crippen LogP contribution in [0.15, 0.2) is 231 Å². The molecule has 0 saturated heterocycles. The normalized spacial score (nSPS) is 11.2. The van der Waals surface area contributed by atoms with Crippen molar-refractivity contribution in [3.63, 3.8) is 0 Å². The molecule has 0 bridgehead atoms. The van der Waals surface area contributed by atoms with Crippen LogP contribution < -0.4 is 4.90 Å². The number of rotatable bonds is 10. The van der Waals surface area contributed by atoms with Gasteiger partial charge in [0.15, 0.2) is 0 Å². The third-order valence-electron chi connectivity index (χ3n) is 11.9. The van der Waals surface area contributed by atoms with Crippen LogP contribution in [0.25, 0.3) is 66.9 Å². The lowest BCUT2D eigenvalue weighted by atomic mass is 9.86. The quantitative estimate of drug-likeness (QED) is 0.128. The van der Waals surface area contributed by atoms with E-state index in [2.05, 4.69) is 206 Å². The number of nitrogens with zero attached hydrogens (tertiary/aromatic N) is 5. The second-order valence-electron chi connectivity index (χ2n) is 15.9. The first-order valence-corrected chi connectivity index (χ1v) is 22.5. The highest BCUT2D eigenvalue weighted by atomic mass is 32.1. The molecule has 0 saturated carbocycles. The molecular weight excluding hydrogens is 811 g/mol. The molecule has 9 aromatic carbocycles. The van der Waals surface area contributed by atoms with Crippen LogP contribution in [0.2, 0.25) is 0 Å². The molecule has 0 aliphatic carbocycles. The van der Waals surface area contributed by atoms with Crippen LogP contribution in [-0.2, 0) is 0 Å². The SMILES string of the molecule is Cc1c2nsnc2c(-c2ccc(N(c3ccccc3)c3ccc(C(=C(c4ccccc4)c4ccccc4)c4ccccc4)cc3)cc2)c2nc(-c3ccccc3)c(-c3ccccc3)nc12. The molecule has 5 nitrogen and oxygen atoms in total. The van der Waals surface area contributed by atoms with Gasteiger partial charge in [-0.15, -0.1) is 0 Å². The van der Waals surface area contributed by atoms with Crippen LogP contribution in [0.1, 0.15) is 27.8 Å². The molecule has 0 N–H and O–H groups in total. The minimum Gasteiger partial charge on any atom is -0.311 e. The van der Waals surface area contributed by atoms with Crippen molar-refractivity contribution in [3.05, 3.63) is 258 Å². The third-order valence-corrected chi connectivity index (χ3v) is 12.5. The average molecular weight is 852 g/mol. The van der Waals surface area contributed by atoms with E-state index in [9.17, 15) is 0 Å². The van der Waals surface area contributed by atoms with Gasteiger partial charge in [0, 0.05) is 39.3 Å². The summed E-state index contributed by atoms with van der Waals surface area (Å²) in [5.74, 6) is 0. The second-order valence-corrected chi connectivity index (χ2v) is 16.5. The van der Waals surface area contributed by atoms with E-state index in [1.807, 2.05) is 36.4 Å². The summed E-state index contributed by atoms with van der Waals surface area (Å²) in [7, 11) is 0. The van der Waals surface area contributed by atoms with E-state index in [4.69, 9.17) is 18.7 Å². The number of aromatic nitrogens is 4. The molecule has 0 aliphatic heterocycles. The number of benzene rings is 9. The van der Waals surface area contributed by atoms with E-state index in [1.165, 1.54) is 34.0 Å². The Morgan fingerprint density at radius 3 is 1.18 bits per heavy atom. The highest BCUT2D eigenvalue weighted by molar-refractivity contribution is 7.00. The van der Waals surface area contributed by atoms with Gasteiger partial charge in [-0.05, 0) is 82.3 Å². The molecule has 0 unspecified atom stereocenters. The number of aryl methyl sites for hydroxylation is 1. The lowest BCUT2D eigenvalue weighted by molar-refractivity contribution is 1.27. The summed E-state index contributed by atoms with van der Waals surface area (Å²) in [6, 6.07) is 81.0. The van der Waals surface area contributed by atoms with Crippen LogP contribution >= 0.6 is 11.7 Å². The zero-order valence-corrected chi connectivity index (χ0v) is 36.4. The Balaban J connectivity index is 1.05. The van der Waals surface area contributed by atoms with Gasteiger partial charge in [0.2, 0.25) is 0 Å². The van der Waals surface area contributed by atoms with Gasteiger partial charge < -0.3 is 4.90 Å². The Kier molecular flexibility index (Phi) is 10.6. The summed E-state index contributed by atoms with van der Waals surface area (Å²) in [4.78, 5) is 13.2. The fraction of sp³-hybridized carbons (Fsp3) is 0.0169. The molecule has 65 heavy (non-hydrogen) atoms. The molecule has 11 aromatic rings. The van der Waals surface area contributed by atoms with Crippen molar-refractivity contribution >= 4 is 62.0 Å². The Labute approximate surface area is 382 Å². The molecular formula is C59H41N5S. The van der Waals surface area contributed by atoms with Gasteiger partial charge in [0.05, 0.1) is 34.1 Å². The number of hydrogen-bond acceptors (Lipinski definition) is 6. The van der Waals surface area contributed by atoms with Crippen molar-refractivity contribution in [1.82, 2.24) is 18.7 Å². The highest BCUT2D eigenvalue weighted by Gasteiger charge is 2.24. The molecule has 2 aromatic heterocycles. The molecule has 6 heteroatoms. The van der Waals surface area contributed by atoms with Crippen LogP contribution in [0.4, 0.5) is 17.1 Å². The molecule has 308 valence electrons. The lowest BCUT2D eigenvalue weighted by Crippen LogP contribution is -2.10. The molecule has 2 heterocycles. The van der Waals surface area contributed by atoms with Crippen LogP contribution in [0.5, 0.6) is 0 Å². The van der Waals surface area contributed by atoms with Gasteiger partial charge >= 0.3 is 0 Å². The standard InChI is InChI=1S/C59H41N5S/c1-40-54-58(61-57(47-28-16-6-17-29-47)56(60-54)46-26-14-5-15-27-46)53(59-55(40)62-65-63-59)45-34-38-50(39-35-45)64(48-30-18-7-19-31-48)49-36-32-44(33-37-49)52(43-24-12-4-13-25-43)51(41-20-8-2-9-21-41)42-22-10-3-11-23-42/h2-39H,1H3. The maximum Gasteiger partial charge on any atom is 0.115 e. The summed E-state index contributed by atoms with van der Waals surface area (Å²) in [5, 5.41) is 0. The first-order chi connectivity index (χ1) is 32.2. The fourth-order valence-corrected chi connectivity index (χ4v) is 9.47. The van der Waals surface area contributed by atoms with Crippen LogP contribution in [-0.4, -0.2) is 18.7 Å². The van der Waals surface area contributed by atoms with Crippen molar-refractivity contribution < 1.29 is 0 Å². The number of hydrogen-bond donors (Lipinski definition) is 0. The number of anilines is 3. The minimum absolute atomic E-state index is 0.803. The monoisotopic (exact) mass is 851 g/mol. The van der Waals surface area contributed by atoms with Crippen molar-refractivity contribution in [1.29, 1.82) is 0 Å². The average Bonchev–Trinajstić information content (AvgIpc) is 3.88. The van der Waals surface area contributed by atoms with Crippen LogP contribution in [0, 0.1) is 6.92 Å². The summed E-state index contributed by atoms with van der Waals surface area (Å²) < 4.78 is 9.68. The first kappa shape index (κ1) is 39.5. The zero-order chi connectivity index (χ0) is 43.5. The summed E-state index contributed by atoms with van der Waals surface area (Å²) in [5.41, 5.74) is 20.0. The number of para-hydroxylation sites is 1. The first-order valence-electron chi connectivity index (χ1n) is 21.7. The molecule has 0 fully saturated rings. The fourth-order valence-electron chi connectivity index (χ4n) is 8.87. The molecule has 0 atom stereocenters. The van der Waals surface area contributed by atoms with Crippen molar-refractivity contribution in [3.8, 4) is 33.6 Å². The van der Waals surface area contributed by atoms with Crippen molar-refractivity contribution in [2.45, 2.75) is 6.92 Å². The van der Waals surface area contributed by atoms with Gasteiger partial charge in [0.25, 0.3) is 0 Å². The topological polar surface area (TPSA) is 54.8 Å². The van der Waals surface area contributed by atoms with Gasteiger partial charge in [-0.1, -0.05) is 194 Å². The van der Waals surface area contributed by atoms with E-state index in [0.29, 0.717) is 0 Å². The smallest absolute Gasteiger partial charge is 0.115 e. The largest absolute Gasteiger partial charge is 0.311 e. The van der Waals surface area contributed by atoms with E-state index >= 15 is 0 Å². The Morgan fingerprint density at radius 2 is 0.708 bits per heavy atom. The predicted octanol–water partition coefficient (Wildman–Crippen LogP) is 15.4. The van der Waals surface area contributed by atoms with E-state index in [0.717, 1.165) is 89.5 Å². The van der Waals surface area contributed by atoms with Crippen LogP contribution in [0.3, 0.4) is 0 Å². The van der Waals surface area contributed by atoms with Gasteiger partial charge in [-0.2, -0.15) is 8.75 Å². The highest BCUT2D eigenvalue weighted by Crippen LogP contribution is 2.43. The Bertz CT molecular complexity index is 3390. The molecule has 11 rings (SSSR count). The van der Waals surface area contributed by atoms with Gasteiger partial charge in [-0.25, -0.2) is 9.97 Å². The molecule has 0 amide bonds. The van der Waals surface area contributed by atoms with E-state index in [-0.39, 0.29) is 0 Å². The lowest BCUT2D eigenvalue weighted by Gasteiger charge is -2.26. The van der Waals surface area contributed by atoms with Crippen molar-refractivity contribution in [2.24, 2.45) is 0 Å².